The molecule has 0 bridgehead atoms. The van der Waals surface area contributed by atoms with Gasteiger partial charge in [0, 0.05) is 5.39 Å². The van der Waals surface area contributed by atoms with Gasteiger partial charge >= 0.3 is 0 Å². The van der Waals surface area contributed by atoms with Crippen LogP contribution in [0, 0.1) is 0 Å². The van der Waals surface area contributed by atoms with E-state index >= 15 is 0 Å². The lowest BCUT2D eigenvalue weighted by Crippen LogP contribution is -2.15. The fourth-order valence-corrected chi connectivity index (χ4v) is 1.82. The Bertz CT molecular complexity index is 433. The van der Waals surface area contributed by atoms with Gasteiger partial charge in [-0.25, -0.2) is 0 Å². The summed E-state index contributed by atoms with van der Waals surface area (Å²) in [6.07, 6.45) is 3.04. The summed E-state index contributed by atoms with van der Waals surface area (Å²) >= 11 is 0. The highest BCUT2D eigenvalue weighted by molar-refractivity contribution is 5.78. The second-order valence-electron chi connectivity index (χ2n) is 3.89. The second kappa shape index (κ2) is 4.45. The Morgan fingerprint density at radius 2 is 2.20 bits per heavy atom. The van der Waals surface area contributed by atoms with Crippen molar-refractivity contribution in [3.05, 3.63) is 30.5 Å². The van der Waals surface area contributed by atoms with Crippen LogP contribution in [0.25, 0.3) is 10.9 Å². The maximum Gasteiger partial charge on any atom is 0.0685 e. The molecule has 1 atom stereocenters. The number of hydrogen-bond acceptors (Lipinski definition) is 2. The molecule has 0 amide bonds. The zero-order valence-electron chi connectivity index (χ0n) is 9.27. The Kier molecular flexibility index (Phi) is 3.02. The van der Waals surface area contributed by atoms with Gasteiger partial charge in [0.1, 0.15) is 0 Å². The summed E-state index contributed by atoms with van der Waals surface area (Å²) < 4.78 is 2.10. The molecule has 1 aromatic heterocycles. The fraction of sp³-hybridized carbons (Fsp3) is 0.417. The van der Waals surface area contributed by atoms with Gasteiger partial charge in [0.05, 0.1) is 17.8 Å². The van der Waals surface area contributed by atoms with Gasteiger partial charge < -0.3 is 5.32 Å². The third-order valence-corrected chi connectivity index (χ3v) is 2.73. The van der Waals surface area contributed by atoms with Crippen LogP contribution in [0.4, 0.5) is 0 Å². The Labute approximate surface area is 90.1 Å². The van der Waals surface area contributed by atoms with E-state index in [2.05, 4.69) is 40.2 Å². The van der Waals surface area contributed by atoms with E-state index in [-0.39, 0.29) is 0 Å². The zero-order valence-corrected chi connectivity index (χ0v) is 9.27. The van der Waals surface area contributed by atoms with Gasteiger partial charge in [0.2, 0.25) is 0 Å². The number of hydrogen-bond donors (Lipinski definition) is 1. The van der Waals surface area contributed by atoms with Gasteiger partial charge in [-0.2, -0.15) is 5.10 Å². The molecule has 1 heterocycles. The SMILES string of the molecule is CNCCC(C)n1ncc2ccccc21. The van der Waals surface area contributed by atoms with Crippen molar-refractivity contribution in [1.29, 1.82) is 0 Å². The van der Waals surface area contributed by atoms with Crippen LogP contribution in [0.1, 0.15) is 19.4 Å². The van der Waals surface area contributed by atoms with E-state index in [4.69, 9.17) is 0 Å². The van der Waals surface area contributed by atoms with Crippen LogP contribution < -0.4 is 5.32 Å². The minimum atomic E-state index is 0.442. The maximum absolute atomic E-state index is 4.44. The summed E-state index contributed by atoms with van der Waals surface area (Å²) in [5, 5.41) is 8.82. The molecule has 1 aromatic carbocycles. The van der Waals surface area contributed by atoms with Gasteiger partial charge in [-0.3, -0.25) is 4.68 Å². The van der Waals surface area contributed by atoms with Crippen LogP contribution in [-0.2, 0) is 0 Å². The van der Waals surface area contributed by atoms with Crippen LogP contribution in [0.15, 0.2) is 30.5 Å². The highest BCUT2D eigenvalue weighted by atomic mass is 15.3. The van der Waals surface area contributed by atoms with E-state index in [1.807, 2.05) is 19.3 Å². The molecule has 2 aromatic rings. The molecule has 3 heteroatoms. The number of nitrogens with one attached hydrogen (secondary N) is 1. The number of aromatic nitrogens is 2. The highest BCUT2D eigenvalue weighted by Gasteiger charge is 2.08. The highest BCUT2D eigenvalue weighted by Crippen LogP contribution is 2.18. The van der Waals surface area contributed by atoms with Crippen LogP contribution in [0.5, 0.6) is 0 Å². The molecule has 0 aliphatic heterocycles. The second-order valence-corrected chi connectivity index (χ2v) is 3.89. The Balaban J connectivity index is 2.27. The molecule has 0 saturated heterocycles. The number of rotatable bonds is 4. The van der Waals surface area contributed by atoms with Crippen molar-refractivity contribution >= 4 is 10.9 Å². The van der Waals surface area contributed by atoms with Crippen molar-refractivity contribution in [1.82, 2.24) is 15.1 Å². The summed E-state index contributed by atoms with van der Waals surface area (Å²) in [4.78, 5) is 0. The predicted octanol–water partition coefficient (Wildman–Crippen LogP) is 2.21. The van der Waals surface area contributed by atoms with E-state index in [1.165, 1.54) is 10.9 Å². The van der Waals surface area contributed by atoms with Gasteiger partial charge in [0.25, 0.3) is 0 Å². The first kappa shape index (κ1) is 10.2. The standard InChI is InChI=1S/C12H17N3/c1-10(7-8-13-2)15-12-6-4-3-5-11(12)9-14-15/h3-6,9-10,13H,7-8H2,1-2H3. The zero-order chi connectivity index (χ0) is 10.7. The molecular weight excluding hydrogens is 186 g/mol. The van der Waals surface area contributed by atoms with E-state index in [0.29, 0.717) is 6.04 Å². The monoisotopic (exact) mass is 203 g/mol. The van der Waals surface area contributed by atoms with Gasteiger partial charge in [0.15, 0.2) is 0 Å². The van der Waals surface area contributed by atoms with Crippen molar-refractivity contribution in [3.63, 3.8) is 0 Å². The van der Waals surface area contributed by atoms with Crippen LogP contribution in [-0.4, -0.2) is 23.4 Å². The molecular formula is C12H17N3. The molecule has 80 valence electrons. The van der Waals surface area contributed by atoms with Crippen molar-refractivity contribution in [2.45, 2.75) is 19.4 Å². The molecule has 0 aliphatic carbocycles. The summed E-state index contributed by atoms with van der Waals surface area (Å²) in [7, 11) is 1.98. The molecule has 2 rings (SSSR count). The molecule has 1 unspecified atom stereocenters. The Morgan fingerprint density at radius 3 is 3.00 bits per heavy atom. The molecule has 0 spiro atoms. The van der Waals surface area contributed by atoms with Gasteiger partial charge in [-0.1, -0.05) is 18.2 Å². The topological polar surface area (TPSA) is 29.9 Å². The average Bonchev–Trinajstić information content (AvgIpc) is 2.69. The van der Waals surface area contributed by atoms with Crippen molar-refractivity contribution < 1.29 is 0 Å². The molecule has 0 aliphatic rings. The normalized spacial score (nSPS) is 13.2. The third-order valence-electron chi connectivity index (χ3n) is 2.73. The predicted molar refractivity (Wildman–Crippen MR) is 63.0 cm³/mol. The lowest BCUT2D eigenvalue weighted by molar-refractivity contribution is 0.465. The summed E-state index contributed by atoms with van der Waals surface area (Å²) in [5.74, 6) is 0. The number of fused-ring (bicyclic) bond motifs is 1. The van der Waals surface area contributed by atoms with E-state index in [9.17, 15) is 0 Å². The van der Waals surface area contributed by atoms with E-state index in [1.54, 1.807) is 0 Å². The number of nitrogens with zero attached hydrogens (tertiary/aromatic N) is 2. The van der Waals surface area contributed by atoms with Crippen LogP contribution in [0.3, 0.4) is 0 Å². The lowest BCUT2D eigenvalue weighted by Gasteiger charge is -2.12. The Morgan fingerprint density at radius 1 is 1.40 bits per heavy atom. The largest absolute Gasteiger partial charge is 0.320 e. The van der Waals surface area contributed by atoms with Crippen LogP contribution in [0.2, 0.25) is 0 Å². The lowest BCUT2D eigenvalue weighted by atomic mass is 10.2. The first-order valence-electron chi connectivity index (χ1n) is 5.40. The van der Waals surface area contributed by atoms with Crippen molar-refractivity contribution in [3.8, 4) is 0 Å². The fourth-order valence-electron chi connectivity index (χ4n) is 1.82. The third kappa shape index (κ3) is 2.02. The molecule has 0 fully saturated rings. The first-order chi connectivity index (χ1) is 7.33. The number of benzene rings is 1. The minimum Gasteiger partial charge on any atom is -0.320 e. The van der Waals surface area contributed by atoms with Crippen LogP contribution >= 0.6 is 0 Å². The summed E-state index contributed by atoms with van der Waals surface area (Å²) in [5.41, 5.74) is 1.22. The van der Waals surface area contributed by atoms with Crippen molar-refractivity contribution in [2.24, 2.45) is 0 Å². The number of para-hydroxylation sites is 1. The summed E-state index contributed by atoms with van der Waals surface area (Å²) in [6, 6.07) is 8.78. The smallest absolute Gasteiger partial charge is 0.0685 e. The quantitative estimate of drug-likeness (QED) is 0.825. The molecule has 3 nitrogen and oxygen atoms in total. The molecule has 0 radical (unpaired) electrons. The maximum atomic E-state index is 4.44. The van der Waals surface area contributed by atoms with Gasteiger partial charge in [-0.15, -0.1) is 0 Å². The average molecular weight is 203 g/mol. The van der Waals surface area contributed by atoms with Gasteiger partial charge in [-0.05, 0) is 33.0 Å². The molecule has 0 saturated carbocycles. The first-order valence-corrected chi connectivity index (χ1v) is 5.40. The Hall–Kier alpha value is -1.35. The minimum absolute atomic E-state index is 0.442. The summed E-state index contributed by atoms with van der Waals surface area (Å²) in [6.45, 7) is 3.23. The van der Waals surface area contributed by atoms with E-state index in [0.717, 1.165) is 13.0 Å². The molecule has 1 N–H and O–H groups in total. The molecule has 15 heavy (non-hydrogen) atoms. The van der Waals surface area contributed by atoms with E-state index < -0.39 is 0 Å². The van der Waals surface area contributed by atoms with Crippen molar-refractivity contribution in [2.75, 3.05) is 13.6 Å².